The van der Waals surface area contributed by atoms with Crippen LogP contribution in [-0.2, 0) is 16.6 Å². The van der Waals surface area contributed by atoms with Crippen LogP contribution in [0, 0.1) is 0 Å². The molecule has 0 unspecified atom stereocenters. The highest BCUT2D eigenvalue weighted by Crippen LogP contribution is 2.31. The zero-order valence-electron chi connectivity index (χ0n) is 12.4. The lowest BCUT2D eigenvalue weighted by molar-refractivity contribution is 0.582. The van der Waals surface area contributed by atoms with Gasteiger partial charge in [0.15, 0.2) is 0 Å². The summed E-state index contributed by atoms with van der Waals surface area (Å²) in [5.41, 5.74) is 2.24. The Morgan fingerprint density at radius 1 is 1.17 bits per heavy atom. The van der Waals surface area contributed by atoms with Crippen LogP contribution in [0.1, 0.15) is 5.56 Å². The monoisotopic (exact) mass is 348 g/mol. The summed E-state index contributed by atoms with van der Waals surface area (Å²) in [6, 6.07) is 12.4. The van der Waals surface area contributed by atoms with Crippen molar-refractivity contribution in [1.82, 2.24) is 5.32 Å². The van der Waals surface area contributed by atoms with Crippen molar-refractivity contribution in [2.24, 2.45) is 0 Å². The van der Waals surface area contributed by atoms with Gasteiger partial charge in [-0.05, 0) is 48.3 Å². The Bertz CT molecular complexity index is 870. The van der Waals surface area contributed by atoms with Gasteiger partial charge in [-0.2, -0.15) is 0 Å². The third kappa shape index (κ3) is 3.47. The molecule has 0 saturated carbocycles. The van der Waals surface area contributed by atoms with E-state index in [1.165, 1.54) is 11.3 Å². The van der Waals surface area contributed by atoms with Gasteiger partial charge in [0, 0.05) is 12.1 Å². The third-order valence-corrected chi connectivity index (χ3v) is 6.02. The maximum atomic E-state index is 12.5. The fraction of sp³-hybridized carbons (Fsp3) is 0.125. The predicted molar refractivity (Wildman–Crippen MR) is 92.0 cm³/mol. The normalized spacial score (nSPS) is 11.5. The molecule has 0 aliphatic rings. The first-order valence-electron chi connectivity index (χ1n) is 6.98. The highest BCUT2D eigenvalue weighted by Gasteiger charge is 2.18. The molecule has 2 heterocycles. The van der Waals surface area contributed by atoms with Crippen molar-refractivity contribution in [3.8, 4) is 11.3 Å². The van der Waals surface area contributed by atoms with Gasteiger partial charge in [-0.1, -0.05) is 12.1 Å². The number of hydrogen-bond acceptors (Lipinski definition) is 5. The molecular weight excluding hydrogens is 332 g/mol. The van der Waals surface area contributed by atoms with E-state index in [1.54, 1.807) is 42.0 Å². The van der Waals surface area contributed by atoms with Crippen LogP contribution < -0.4 is 10.0 Å². The van der Waals surface area contributed by atoms with Gasteiger partial charge in [-0.3, -0.25) is 4.72 Å². The van der Waals surface area contributed by atoms with Crippen LogP contribution in [-0.4, -0.2) is 15.5 Å². The number of rotatable bonds is 6. The largest absolute Gasteiger partial charge is 0.464 e. The molecule has 0 atom stereocenters. The van der Waals surface area contributed by atoms with Crippen LogP contribution >= 0.6 is 11.3 Å². The quantitative estimate of drug-likeness (QED) is 0.715. The zero-order chi connectivity index (χ0) is 16.3. The van der Waals surface area contributed by atoms with Crippen LogP contribution in [0.2, 0.25) is 0 Å². The van der Waals surface area contributed by atoms with Crippen molar-refractivity contribution < 1.29 is 12.8 Å². The molecule has 7 heteroatoms. The highest BCUT2D eigenvalue weighted by atomic mass is 32.2. The van der Waals surface area contributed by atoms with Crippen LogP contribution in [0.25, 0.3) is 11.3 Å². The van der Waals surface area contributed by atoms with E-state index in [-0.39, 0.29) is 4.21 Å². The molecule has 0 aliphatic heterocycles. The molecule has 0 saturated heterocycles. The van der Waals surface area contributed by atoms with E-state index in [2.05, 4.69) is 10.0 Å². The van der Waals surface area contributed by atoms with Crippen LogP contribution in [0.3, 0.4) is 0 Å². The van der Waals surface area contributed by atoms with Gasteiger partial charge in [0.25, 0.3) is 10.0 Å². The van der Waals surface area contributed by atoms with Crippen molar-refractivity contribution in [3.05, 3.63) is 59.7 Å². The minimum atomic E-state index is -3.60. The Labute approximate surface area is 139 Å². The summed E-state index contributed by atoms with van der Waals surface area (Å²) >= 11 is 1.18. The first-order chi connectivity index (χ1) is 11.1. The minimum Gasteiger partial charge on any atom is -0.464 e. The molecule has 1 aromatic carbocycles. The summed E-state index contributed by atoms with van der Waals surface area (Å²) in [6.07, 6.45) is 1.57. The topological polar surface area (TPSA) is 71.3 Å². The summed E-state index contributed by atoms with van der Waals surface area (Å²) < 4.78 is 33.3. The Morgan fingerprint density at radius 3 is 2.70 bits per heavy atom. The second-order valence-electron chi connectivity index (χ2n) is 4.93. The molecule has 2 N–H and O–H groups in total. The maximum absolute atomic E-state index is 12.5. The number of nitrogens with one attached hydrogen (secondary N) is 2. The molecule has 0 fully saturated rings. The van der Waals surface area contributed by atoms with Gasteiger partial charge in [0.2, 0.25) is 0 Å². The van der Waals surface area contributed by atoms with Gasteiger partial charge >= 0.3 is 0 Å². The molecule has 5 nitrogen and oxygen atoms in total. The predicted octanol–water partition coefficient (Wildman–Crippen LogP) is 3.53. The molecule has 2 aromatic heterocycles. The molecule has 3 aromatic rings. The van der Waals surface area contributed by atoms with Crippen LogP contribution in [0.15, 0.2) is 62.7 Å². The van der Waals surface area contributed by atoms with E-state index in [0.29, 0.717) is 23.6 Å². The first-order valence-corrected chi connectivity index (χ1v) is 9.34. The molecule has 0 aliphatic carbocycles. The highest BCUT2D eigenvalue weighted by molar-refractivity contribution is 7.94. The zero-order valence-corrected chi connectivity index (χ0v) is 14.1. The molecule has 120 valence electrons. The SMILES string of the molecule is CNCc1ccc(NS(=O)(=O)c2cccs2)c(-c2ccco2)c1. The second kappa shape index (κ2) is 6.57. The summed E-state index contributed by atoms with van der Waals surface area (Å²) in [5, 5.41) is 4.81. The molecule has 3 rings (SSSR count). The Kier molecular flexibility index (Phi) is 4.51. The lowest BCUT2D eigenvalue weighted by Gasteiger charge is -2.12. The van der Waals surface area contributed by atoms with Crippen molar-refractivity contribution in [1.29, 1.82) is 0 Å². The Balaban J connectivity index is 2.02. The summed E-state index contributed by atoms with van der Waals surface area (Å²) in [7, 11) is -1.74. The standard InChI is InChI=1S/C16H16N2O3S2/c1-17-11-12-6-7-14(13(10-12)15-4-2-8-21-15)18-23(19,20)16-5-3-9-22-16/h2-10,17-18H,11H2,1H3. The van der Waals surface area contributed by atoms with Crippen LogP contribution in [0.5, 0.6) is 0 Å². The van der Waals surface area contributed by atoms with Crippen molar-refractivity contribution in [2.75, 3.05) is 11.8 Å². The summed E-state index contributed by atoms with van der Waals surface area (Å²) in [6.45, 7) is 0.686. The Hall–Kier alpha value is -2.09. The number of benzene rings is 1. The van der Waals surface area contributed by atoms with Gasteiger partial charge in [-0.15, -0.1) is 11.3 Å². The first kappa shape index (κ1) is 15.8. The van der Waals surface area contributed by atoms with Gasteiger partial charge in [0.05, 0.1) is 12.0 Å². The number of furan rings is 1. The van der Waals surface area contributed by atoms with E-state index in [4.69, 9.17) is 4.42 Å². The number of hydrogen-bond donors (Lipinski definition) is 2. The van der Waals surface area contributed by atoms with Crippen molar-refractivity contribution in [3.63, 3.8) is 0 Å². The number of anilines is 1. The lowest BCUT2D eigenvalue weighted by atomic mass is 10.1. The molecule has 0 spiro atoms. The van der Waals surface area contributed by atoms with Gasteiger partial charge < -0.3 is 9.73 Å². The minimum absolute atomic E-state index is 0.280. The Morgan fingerprint density at radius 2 is 2.04 bits per heavy atom. The van der Waals surface area contributed by atoms with E-state index in [1.807, 2.05) is 19.2 Å². The van der Waals surface area contributed by atoms with E-state index >= 15 is 0 Å². The smallest absolute Gasteiger partial charge is 0.271 e. The van der Waals surface area contributed by atoms with E-state index in [9.17, 15) is 8.42 Å². The summed E-state index contributed by atoms with van der Waals surface area (Å²) in [5.74, 6) is 0.617. The number of thiophene rings is 1. The average Bonchev–Trinajstić information content (AvgIpc) is 3.22. The molecule has 0 radical (unpaired) electrons. The fourth-order valence-corrected chi connectivity index (χ4v) is 4.31. The number of sulfonamides is 1. The molecular formula is C16H16N2O3S2. The van der Waals surface area contributed by atoms with E-state index < -0.39 is 10.0 Å². The maximum Gasteiger partial charge on any atom is 0.271 e. The summed E-state index contributed by atoms with van der Waals surface area (Å²) in [4.78, 5) is 0. The fourth-order valence-electron chi connectivity index (χ4n) is 2.24. The third-order valence-electron chi connectivity index (χ3n) is 3.26. The molecule has 0 bridgehead atoms. The average molecular weight is 348 g/mol. The van der Waals surface area contributed by atoms with E-state index in [0.717, 1.165) is 5.56 Å². The van der Waals surface area contributed by atoms with Crippen molar-refractivity contribution in [2.45, 2.75) is 10.8 Å². The van der Waals surface area contributed by atoms with Gasteiger partial charge in [0.1, 0.15) is 9.97 Å². The molecule has 0 amide bonds. The van der Waals surface area contributed by atoms with Gasteiger partial charge in [-0.25, -0.2) is 8.42 Å². The van der Waals surface area contributed by atoms with Crippen molar-refractivity contribution >= 4 is 27.0 Å². The second-order valence-corrected chi connectivity index (χ2v) is 7.78. The van der Waals surface area contributed by atoms with Crippen LogP contribution in [0.4, 0.5) is 5.69 Å². The molecule has 23 heavy (non-hydrogen) atoms. The lowest BCUT2D eigenvalue weighted by Crippen LogP contribution is -2.13.